The van der Waals surface area contributed by atoms with E-state index in [2.05, 4.69) is 10.6 Å². The van der Waals surface area contributed by atoms with Crippen molar-refractivity contribution in [2.75, 3.05) is 13.2 Å². The van der Waals surface area contributed by atoms with E-state index in [0.29, 0.717) is 6.42 Å². The van der Waals surface area contributed by atoms with Crippen LogP contribution in [-0.4, -0.2) is 35.7 Å². The van der Waals surface area contributed by atoms with Gasteiger partial charge in [0.15, 0.2) is 0 Å². The van der Waals surface area contributed by atoms with Crippen LogP contribution in [0.1, 0.15) is 25.3 Å². The van der Waals surface area contributed by atoms with E-state index in [1.807, 2.05) is 37.3 Å². The Balaban J connectivity index is 1.94. The summed E-state index contributed by atoms with van der Waals surface area (Å²) in [4.78, 5) is 12.2. The van der Waals surface area contributed by atoms with E-state index in [0.717, 1.165) is 24.9 Å². The summed E-state index contributed by atoms with van der Waals surface area (Å²) in [5.74, 6) is -0.0139. The van der Waals surface area contributed by atoms with Crippen molar-refractivity contribution in [2.24, 2.45) is 0 Å². The Kier molecular flexibility index (Phi) is 4.56. The molecule has 2 rings (SSSR count). The molecule has 4 nitrogen and oxygen atoms in total. The van der Waals surface area contributed by atoms with E-state index in [1.165, 1.54) is 0 Å². The summed E-state index contributed by atoms with van der Waals surface area (Å²) in [6.07, 6.45) is 2.52. The fourth-order valence-corrected chi connectivity index (χ4v) is 2.49. The monoisotopic (exact) mass is 262 g/mol. The number of hydrogen-bond acceptors (Lipinski definition) is 3. The van der Waals surface area contributed by atoms with Crippen molar-refractivity contribution < 1.29 is 9.90 Å². The molecular weight excluding hydrogens is 240 g/mol. The van der Waals surface area contributed by atoms with Gasteiger partial charge in [0.1, 0.15) is 0 Å². The predicted octanol–water partition coefficient (Wildman–Crippen LogP) is 0.848. The number of amides is 1. The van der Waals surface area contributed by atoms with Crippen LogP contribution in [-0.2, 0) is 11.2 Å². The molecule has 4 heteroatoms. The zero-order valence-corrected chi connectivity index (χ0v) is 11.4. The molecule has 1 aliphatic rings. The van der Waals surface area contributed by atoms with Crippen LogP contribution in [0.15, 0.2) is 30.3 Å². The van der Waals surface area contributed by atoms with Crippen LogP contribution >= 0.6 is 0 Å². The predicted molar refractivity (Wildman–Crippen MR) is 74.8 cm³/mol. The maximum atomic E-state index is 12.2. The summed E-state index contributed by atoms with van der Waals surface area (Å²) in [7, 11) is 0. The van der Waals surface area contributed by atoms with Crippen LogP contribution in [0.4, 0.5) is 0 Å². The second-order valence-electron chi connectivity index (χ2n) is 5.41. The molecule has 0 radical (unpaired) electrons. The normalized spacial score (nSPS) is 24.1. The van der Waals surface area contributed by atoms with Crippen LogP contribution in [0, 0.1) is 0 Å². The standard InChI is InChI=1S/C15H22N2O2/c1-15(8-5-9-16-15)14(19)17-13(11-18)10-12-6-3-2-4-7-12/h2-4,6-7,13,16,18H,5,8-11H2,1H3,(H,17,19)/t13-,15?/m1/s1. The molecule has 1 heterocycles. The van der Waals surface area contributed by atoms with Gasteiger partial charge in [0.25, 0.3) is 0 Å². The van der Waals surface area contributed by atoms with Crippen molar-refractivity contribution in [3.63, 3.8) is 0 Å². The molecule has 0 spiro atoms. The van der Waals surface area contributed by atoms with Gasteiger partial charge >= 0.3 is 0 Å². The summed E-state index contributed by atoms with van der Waals surface area (Å²) < 4.78 is 0. The minimum absolute atomic E-state index is 0.0139. The minimum Gasteiger partial charge on any atom is -0.394 e. The third kappa shape index (κ3) is 3.55. The first-order chi connectivity index (χ1) is 9.14. The Morgan fingerprint density at radius 2 is 2.21 bits per heavy atom. The Hall–Kier alpha value is -1.39. The average Bonchev–Trinajstić information content (AvgIpc) is 2.87. The van der Waals surface area contributed by atoms with Crippen molar-refractivity contribution in [1.29, 1.82) is 0 Å². The van der Waals surface area contributed by atoms with E-state index in [1.54, 1.807) is 0 Å². The topological polar surface area (TPSA) is 61.4 Å². The molecule has 1 amide bonds. The number of benzene rings is 1. The van der Waals surface area contributed by atoms with Gasteiger partial charge in [-0.05, 0) is 38.3 Å². The molecule has 1 saturated heterocycles. The maximum Gasteiger partial charge on any atom is 0.240 e. The third-order valence-electron chi connectivity index (χ3n) is 3.75. The lowest BCUT2D eigenvalue weighted by Gasteiger charge is -2.26. The number of aliphatic hydroxyl groups excluding tert-OH is 1. The van der Waals surface area contributed by atoms with E-state index in [9.17, 15) is 9.90 Å². The Bertz CT molecular complexity index is 413. The van der Waals surface area contributed by atoms with E-state index in [-0.39, 0.29) is 18.6 Å². The molecule has 1 aliphatic heterocycles. The van der Waals surface area contributed by atoms with Gasteiger partial charge in [0.2, 0.25) is 5.91 Å². The van der Waals surface area contributed by atoms with Gasteiger partial charge in [-0.2, -0.15) is 0 Å². The first-order valence-corrected chi connectivity index (χ1v) is 6.85. The molecule has 0 bridgehead atoms. The highest BCUT2D eigenvalue weighted by Gasteiger charge is 2.36. The average molecular weight is 262 g/mol. The van der Waals surface area contributed by atoms with Crippen LogP contribution in [0.2, 0.25) is 0 Å². The zero-order valence-electron chi connectivity index (χ0n) is 11.4. The van der Waals surface area contributed by atoms with Gasteiger partial charge in [-0.3, -0.25) is 4.79 Å². The number of carbonyl (C=O) groups is 1. The second-order valence-corrected chi connectivity index (χ2v) is 5.41. The zero-order chi connectivity index (χ0) is 13.7. The number of hydrogen-bond donors (Lipinski definition) is 3. The number of aliphatic hydroxyl groups is 1. The number of carbonyl (C=O) groups excluding carboxylic acids is 1. The summed E-state index contributed by atoms with van der Waals surface area (Å²) in [6.45, 7) is 2.76. The van der Waals surface area contributed by atoms with Crippen LogP contribution in [0.25, 0.3) is 0 Å². The molecule has 1 fully saturated rings. The molecule has 1 aromatic carbocycles. The van der Waals surface area contributed by atoms with Gasteiger partial charge in [0, 0.05) is 0 Å². The summed E-state index contributed by atoms with van der Waals surface area (Å²) >= 11 is 0. The van der Waals surface area contributed by atoms with E-state index < -0.39 is 5.54 Å². The highest BCUT2D eigenvalue weighted by molar-refractivity contribution is 5.86. The molecule has 2 atom stereocenters. The lowest BCUT2D eigenvalue weighted by molar-refractivity contribution is -0.127. The van der Waals surface area contributed by atoms with Gasteiger partial charge in [-0.15, -0.1) is 0 Å². The first kappa shape index (κ1) is 14.0. The molecule has 19 heavy (non-hydrogen) atoms. The third-order valence-corrected chi connectivity index (χ3v) is 3.75. The molecule has 1 aromatic rings. The number of rotatable bonds is 5. The molecule has 1 unspecified atom stereocenters. The first-order valence-electron chi connectivity index (χ1n) is 6.85. The summed E-state index contributed by atoms with van der Waals surface area (Å²) in [6, 6.07) is 9.67. The highest BCUT2D eigenvalue weighted by Crippen LogP contribution is 2.18. The number of nitrogens with one attached hydrogen (secondary N) is 2. The fourth-order valence-electron chi connectivity index (χ4n) is 2.49. The lowest BCUT2D eigenvalue weighted by Crippen LogP contribution is -2.54. The van der Waals surface area contributed by atoms with Crippen LogP contribution in [0.3, 0.4) is 0 Å². The van der Waals surface area contributed by atoms with Gasteiger partial charge < -0.3 is 15.7 Å². The van der Waals surface area contributed by atoms with Crippen molar-refractivity contribution in [1.82, 2.24) is 10.6 Å². The second kappa shape index (κ2) is 6.17. The Labute approximate surface area is 114 Å². The summed E-state index contributed by atoms with van der Waals surface area (Å²) in [5, 5.41) is 15.6. The van der Waals surface area contributed by atoms with E-state index in [4.69, 9.17) is 0 Å². The molecule has 3 N–H and O–H groups in total. The molecule has 0 saturated carbocycles. The highest BCUT2D eigenvalue weighted by atomic mass is 16.3. The molecule has 0 aliphatic carbocycles. The van der Waals surface area contributed by atoms with Crippen molar-refractivity contribution in [3.05, 3.63) is 35.9 Å². The molecular formula is C15H22N2O2. The maximum absolute atomic E-state index is 12.2. The molecule has 0 aromatic heterocycles. The Morgan fingerprint density at radius 3 is 2.79 bits per heavy atom. The smallest absolute Gasteiger partial charge is 0.240 e. The van der Waals surface area contributed by atoms with Crippen LogP contribution < -0.4 is 10.6 Å². The van der Waals surface area contributed by atoms with Crippen molar-refractivity contribution >= 4 is 5.91 Å². The van der Waals surface area contributed by atoms with Gasteiger partial charge in [0.05, 0.1) is 18.2 Å². The quantitative estimate of drug-likeness (QED) is 0.737. The minimum atomic E-state index is -0.482. The molecule has 104 valence electrons. The largest absolute Gasteiger partial charge is 0.394 e. The van der Waals surface area contributed by atoms with Crippen molar-refractivity contribution in [2.45, 2.75) is 37.8 Å². The fraction of sp³-hybridized carbons (Fsp3) is 0.533. The Morgan fingerprint density at radius 1 is 1.47 bits per heavy atom. The SMILES string of the molecule is CC1(C(=O)N[C@@H](CO)Cc2ccccc2)CCCN1. The van der Waals surface area contributed by atoms with Crippen LogP contribution in [0.5, 0.6) is 0 Å². The van der Waals surface area contributed by atoms with E-state index >= 15 is 0 Å². The summed E-state index contributed by atoms with van der Waals surface area (Å²) in [5.41, 5.74) is 0.635. The van der Waals surface area contributed by atoms with Gasteiger partial charge in [-0.25, -0.2) is 0 Å². The lowest BCUT2D eigenvalue weighted by atomic mass is 9.98. The van der Waals surface area contributed by atoms with Gasteiger partial charge in [-0.1, -0.05) is 30.3 Å². The van der Waals surface area contributed by atoms with Crippen molar-refractivity contribution in [3.8, 4) is 0 Å².